The highest BCUT2D eigenvalue weighted by atomic mass is 16.2. The second kappa shape index (κ2) is 6.20. The van der Waals surface area contributed by atoms with Crippen LogP contribution in [0.3, 0.4) is 0 Å². The minimum absolute atomic E-state index is 0.176. The zero-order chi connectivity index (χ0) is 13.8. The highest BCUT2D eigenvalue weighted by molar-refractivity contribution is 5.78. The van der Waals surface area contributed by atoms with Gasteiger partial charge in [0.05, 0.1) is 0 Å². The summed E-state index contributed by atoms with van der Waals surface area (Å²) in [5, 5.41) is 0. The Labute approximate surface area is 115 Å². The van der Waals surface area contributed by atoms with E-state index in [2.05, 4.69) is 31.2 Å². The van der Waals surface area contributed by atoms with Crippen molar-refractivity contribution in [1.29, 1.82) is 0 Å². The summed E-state index contributed by atoms with van der Waals surface area (Å²) in [5.74, 6) is 0.447. The Bertz CT molecular complexity index is 419. The molecule has 1 aromatic carbocycles. The van der Waals surface area contributed by atoms with Gasteiger partial charge in [-0.3, -0.25) is 4.79 Å². The molecule has 2 rings (SSSR count). The van der Waals surface area contributed by atoms with E-state index in [1.165, 1.54) is 11.1 Å². The van der Waals surface area contributed by atoms with Gasteiger partial charge in [0, 0.05) is 25.6 Å². The Hall–Kier alpha value is -1.35. The molecular formula is C16H24N2O. The molecule has 104 valence electrons. The highest BCUT2D eigenvalue weighted by Gasteiger charge is 2.26. The Morgan fingerprint density at radius 1 is 1.21 bits per heavy atom. The first-order chi connectivity index (χ1) is 9.06. The van der Waals surface area contributed by atoms with Crippen molar-refractivity contribution in [2.75, 3.05) is 7.05 Å². The molecule has 1 aliphatic carbocycles. The summed E-state index contributed by atoms with van der Waals surface area (Å²) < 4.78 is 0. The standard InChI is InChI=1S/C16H24N2O/c1-12-3-5-13(6-4-12)11-18(2)16(19)14-7-9-15(17)10-8-14/h3-6,14-15H,7-11,17H2,1-2H3. The molecule has 2 N–H and O–H groups in total. The van der Waals surface area contributed by atoms with Crippen LogP contribution in [0, 0.1) is 12.8 Å². The molecule has 0 heterocycles. The molecule has 1 amide bonds. The van der Waals surface area contributed by atoms with E-state index < -0.39 is 0 Å². The lowest BCUT2D eigenvalue weighted by Gasteiger charge is -2.29. The van der Waals surface area contributed by atoms with Crippen molar-refractivity contribution < 1.29 is 4.79 Å². The lowest BCUT2D eigenvalue weighted by molar-refractivity contribution is -0.135. The van der Waals surface area contributed by atoms with Gasteiger partial charge in [0.2, 0.25) is 5.91 Å². The molecule has 1 aliphatic rings. The Morgan fingerprint density at radius 3 is 2.37 bits per heavy atom. The molecule has 0 radical (unpaired) electrons. The summed E-state index contributed by atoms with van der Waals surface area (Å²) in [6, 6.07) is 8.67. The van der Waals surface area contributed by atoms with Crippen molar-refractivity contribution in [3.8, 4) is 0 Å². The fourth-order valence-corrected chi connectivity index (χ4v) is 2.72. The van der Waals surface area contributed by atoms with Gasteiger partial charge in [0.25, 0.3) is 0 Å². The van der Waals surface area contributed by atoms with E-state index in [4.69, 9.17) is 5.73 Å². The average molecular weight is 260 g/mol. The minimum atomic E-state index is 0.176. The van der Waals surface area contributed by atoms with E-state index in [0.29, 0.717) is 12.6 Å². The van der Waals surface area contributed by atoms with Crippen LogP contribution >= 0.6 is 0 Å². The summed E-state index contributed by atoms with van der Waals surface area (Å²) in [6.07, 6.45) is 3.85. The second-order valence-corrected chi connectivity index (χ2v) is 5.79. The molecule has 0 aliphatic heterocycles. The van der Waals surface area contributed by atoms with Crippen LogP contribution in [0.25, 0.3) is 0 Å². The van der Waals surface area contributed by atoms with E-state index in [-0.39, 0.29) is 11.8 Å². The van der Waals surface area contributed by atoms with Crippen LogP contribution in [-0.4, -0.2) is 23.9 Å². The Balaban J connectivity index is 1.90. The van der Waals surface area contributed by atoms with Crippen LogP contribution in [0.15, 0.2) is 24.3 Å². The zero-order valence-corrected chi connectivity index (χ0v) is 11.9. The predicted octanol–water partition coefficient (Wildman–Crippen LogP) is 2.47. The van der Waals surface area contributed by atoms with Crippen molar-refractivity contribution in [1.82, 2.24) is 4.90 Å². The van der Waals surface area contributed by atoms with Gasteiger partial charge >= 0.3 is 0 Å². The minimum Gasteiger partial charge on any atom is -0.341 e. The number of amides is 1. The van der Waals surface area contributed by atoms with Crippen LogP contribution < -0.4 is 5.73 Å². The number of aryl methyl sites for hydroxylation is 1. The third-order valence-corrected chi connectivity index (χ3v) is 4.04. The zero-order valence-electron chi connectivity index (χ0n) is 11.9. The largest absolute Gasteiger partial charge is 0.341 e. The number of nitrogens with zero attached hydrogens (tertiary/aromatic N) is 1. The summed E-state index contributed by atoms with van der Waals surface area (Å²) in [7, 11) is 1.90. The molecule has 3 nitrogen and oxygen atoms in total. The third-order valence-electron chi connectivity index (χ3n) is 4.04. The van der Waals surface area contributed by atoms with Gasteiger partial charge in [-0.1, -0.05) is 29.8 Å². The van der Waals surface area contributed by atoms with Gasteiger partial charge in [-0.25, -0.2) is 0 Å². The summed E-state index contributed by atoms with van der Waals surface area (Å²) in [5.41, 5.74) is 8.32. The number of hydrogen-bond acceptors (Lipinski definition) is 2. The number of rotatable bonds is 3. The molecule has 1 saturated carbocycles. The lowest BCUT2D eigenvalue weighted by Crippen LogP contribution is -2.37. The van der Waals surface area contributed by atoms with Crippen LogP contribution in [0.2, 0.25) is 0 Å². The molecule has 3 heteroatoms. The first-order valence-corrected chi connectivity index (χ1v) is 7.12. The molecule has 1 aromatic rings. The summed E-state index contributed by atoms with van der Waals surface area (Å²) in [6.45, 7) is 2.77. The van der Waals surface area contributed by atoms with Crippen molar-refractivity contribution in [2.24, 2.45) is 11.7 Å². The molecule has 0 saturated heterocycles. The van der Waals surface area contributed by atoms with E-state index in [1.54, 1.807) is 0 Å². The van der Waals surface area contributed by atoms with Gasteiger partial charge in [0.15, 0.2) is 0 Å². The molecule has 0 atom stereocenters. The molecule has 19 heavy (non-hydrogen) atoms. The smallest absolute Gasteiger partial charge is 0.225 e. The third kappa shape index (κ3) is 3.80. The molecule has 0 bridgehead atoms. The normalized spacial score (nSPS) is 23.1. The van der Waals surface area contributed by atoms with Crippen LogP contribution in [0.5, 0.6) is 0 Å². The highest BCUT2D eigenvalue weighted by Crippen LogP contribution is 2.25. The topological polar surface area (TPSA) is 46.3 Å². The summed E-state index contributed by atoms with van der Waals surface area (Å²) in [4.78, 5) is 14.2. The summed E-state index contributed by atoms with van der Waals surface area (Å²) >= 11 is 0. The lowest BCUT2D eigenvalue weighted by atomic mass is 9.85. The second-order valence-electron chi connectivity index (χ2n) is 5.79. The number of hydrogen-bond donors (Lipinski definition) is 1. The Morgan fingerprint density at radius 2 is 1.79 bits per heavy atom. The van der Waals surface area contributed by atoms with Gasteiger partial charge in [-0.2, -0.15) is 0 Å². The number of carbonyl (C=O) groups is 1. The van der Waals surface area contributed by atoms with Gasteiger partial charge in [-0.15, -0.1) is 0 Å². The average Bonchev–Trinajstić information content (AvgIpc) is 2.41. The van der Waals surface area contributed by atoms with Crippen molar-refractivity contribution in [3.63, 3.8) is 0 Å². The molecule has 0 unspecified atom stereocenters. The first kappa shape index (κ1) is 14.1. The first-order valence-electron chi connectivity index (χ1n) is 7.12. The molecular weight excluding hydrogens is 236 g/mol. The molecule has 1 fully saturated rings. The maximum absolute atomic E-state index is 12.4. The number of nitrogens with two attached hydrogens (primary N) is 1. The van der Waals surface area contributed by atoms with Crippen LogP contribution in [-0.2, 0) is 11.3 Å². The SMILES string of the molecule is Cc1ccc(CN(C)C(=O)C2CCC(N)CC2)cc1. The number of carbonyl (C=O) groups excluding carboxylic acids is 1. The van der Waals surface area contributed by atoms with Crippen molar-refractivity contribution in [2.45, 2.75) is 45.2 Å². The van der Waals surface area contributed by atoms with Gasteiger partial charge < -0.3 is 10.6 Å². The van der Waals surface area contributed by atoms with Gasteiger partial charge in [0.1, 0.15) is 0 Å². The fraction of sp³-hybridized carbons (Fsp3) is 0.562. The fourth-order valence-electron chi connectivity index (χ4n) is 2.72. The van der Waals surface area contributed by atoms with Crippen molar-refractivity contribution >= 4 is 5.91 Å². The maximum atomic E-state index is 12.4. The molecule has 0 spiro atoms. The van der Waals surface area contributed by atoms with Crippen LogP contribution in [0.1, 0.15) is 36.8 Å². The van der Waals surface area contributed by atoms with Gasteiger partial charge in [-0.05, 0) is 38.2 Å². The molecule has 0 aromatic heterocycles. The van der Waals surface area contributed by atoms with E-state index in [9.17, 15) is 4.79 Å². The van der Waals surface area contributed by atoms with Crippen LogP contribution in [0.4, 0.5) is 0 Å². The maximum Gasteiger partial charge on any atom is 0.225 e. The van der Waals surface area contributed by atoms with E-state index in [0.717, 1.165) is 25.7 Å². The van der Waals surface area contributed by atoms with Crippen molar-refractivity contribution in [3.05, 3.63) is 35.4 Å². The van der Waals surface area contributed by atoms with E-state index in [1.807, 2.05) is 11.9 Å². The predicted molar refractivity (Wildman–Crippen MR) is 77.6 cm³/mol. The number of benzene rings is 1. The quantitative estimate of drug-likeness (QED) is 0.907. The Kier molecular flexibility index (Phi) is 4.59. The monoisotopic (exact) mass is 260 g/mol. The van der Waals surface area contributed by atoms with E-state index >= 15 is 0 Å².